The lowest BCUT2D eigenvalue weighted by molar-refractivity contribution is -0.139. The molecule has 10 heteroatoms. The summed E-state index contributed by atoms with van der Waals surface area (Å²) in [5.74, 6) is -1.82. The number of ether oxygens (including phenoxy) is 1. The Labute approximate surface area is 199 Å². The number of carboxylic acids is 2. The highest BCUT2D eigenvalue weighted by molar-refractivity contribution is 7.24. The van der Waals surface area contributed by atoms with E-state index < -0.39 is 18.5 Å². The number of fused-ring (bicyclic) bond motifs is 3. The van der Waals surface area contributed by atoms with E-state index in [1.54, 1.807) is 4.90 Å². The zero-order valence-electron chi connectivity index (χ0n) is 18.3. The van der Waals surface area contributed by atoms with Crippen molar-refractivity contribution in [2.75, 3.05) is 24.6 Å². The minimum Gasteiger partial charge on any atom is -0.479 e. The SMILES string of the molecule is CCNC(=O)N(CC1CCCCC1)c1ccc2cc3sc(C(=O)O)c(OCC(=O)O)c3c-2s1. The number of anilines is 1. The summed E-state index contributed by atoms with van der Waals surface area (Å²) in [7, 11) is 0. The average Bonchev–Trinajstić information content (AvgIpc) is 3.32. The summed E-state index contributed by atoms with van der Waals surface area (Å²) >= 11 is 2.46. The van der Waals surface area contributed by atoms with E-state index in [1.807, 2.05) is 25.1 Å². The first-order chi connectivity index (χ1) is 15.9. The zero-order chi connectivity index (χ0) is 23.5. The van der Waals surface area contributed by atoms with Crippen LogP contribution in [-0.4, -0.2) is 47.9 Å². The van der Waals surface area contributed by atoms with Crippen LogP contribution in [0.5, 0.6) is 5.75 Å². The van der Waals surface area contributed by atoms with Crippen LogP contribution in [-0.2, 0) is 4.79 Å². The van der Waals surface area contributed by atoms with Crippen LogP contribution in [0.15, 0.2) is 18.2 Å². The number of carbonyl (C=O) groups is 3. The molecule has 8 nitrogen and oxygen atoms in total. The molecule has 0 saturated heterocycles. The standard InChI is InChI=1S/C23H26N2O6S2/c1-2-24-23(30)25(11-13-6-4-3-5-7-13)16-9-8-14-10-15-18(20(14)33-16)19(31-12-17(26)27)21(32-15)22(28)29/h8-10,13H,2-7,11-12H2,1H3,(H,24,30)(H,26,27)(H,28,29). The Morgan fingerprint density at radius 2 is 1.91 bits per heavy atom. The molecule has 0 aromatic carbocycles. The molecule has 33 heavy (non-hydrogen) atoms. The van der Waals surface area contributed by atoms with Gasteiger partial charge in [0.2, 0.25) is 0 Å². The summed E-state index contributed by atoms with van der Waals surface area (Å²) in [6, 6.07) is 5.57. The number of nitrogens with one attached hydrogen (secondary N) is 1. The molecule has 0 unspecified atom stereocenters. The number of aromatic carboxylic acids is 1. The Bertz CT molecular complexity index is 1150. The first kappa shape index (κ1) is 23.3. The number of hydrogen-bond acceptors (Lipinski definition) is 6. The number of carboxylic acid groups (broad SMARTS) is 2. The molecule has 0 radical (unpaired) electrons. The van der Waals surface area contributed by atoms with Crippen molar-refractivity contribution in [3.8, 4) is 16.2 Å². The van der Waals surface area contributed by atoms with Gasteiger partial charge in [0.05, 0.1) is 10.4 Å². The van der Waals surface area contributed by atoms with Crippen molar-refractivity contribution in [2.45, 2.75) is 39.0 Å². The van der Waals surface area contributed by atoms with E-state index in [4.69, 9.17) is 9.84 Å². The second kappa shape index (κ2) is 9.96. The molecular formula is C23H26N2O6S2. The van der Waals surface area contributed by atoms with Crippen LogP contribution in [0.2, 0.25) is 0 Å². The van der Waals surface area contributed by atoms with Gasteiger partial charge in [0, 0.05) is 22.7 Å². The number of carbonyl (C=O) groups excluding carboxylic acids is 1. The third kappa shape index (κ3) is 4.91. The van der Waals surface area contributed by atoms with Crippen molar-refractivity contribution in [3.63, 3.8) is 0 Å². The van der Waals surface area contributed by atoms with Crippen molar-refractivity contribution < 1.29 is 29.3 Å². The predicted molar refractivity (Wildman–Crippen MR) is 129 cm³/mol. The van der Waals surface area contributed by atoms with Crippen molar-refractivity contribution in [3.05, 3.63) is 23.1 Å². The van der Waals surface area contributed by atoms with Gasteiger partial charge in [0.15, 0.2) is 17.2 Å². The van der Waals surface area contributed by atoms with Crippen molar-refractivity contribution in [1.29, 1.82) is 0 Å². The number of urea groups is 1. The van der Waals surface area contributed by atoms with Crippen LogP contribution in [0.4, 0.5) is 9.80 Å². The molecule has 2 amide bonds. The molecule has 3 N–H and O–H groups in total. The van der Waals surface area contributed by atoms with Crippen LogP contribution >= 0.6 is 22.7 Å². The van der Waals surface area contributed by atoms with E-state index in [0.717, 1.165) is 39.6 Å². The normalized spacial score (nSPS) is 14.5. The van der Waals surface area contributed by atoms with Gasteiger partial charge in [0.1, 0.15) is 0 Å². The number of aliphatic carboxylic acids is 1. The van der Waals surface area contributed by atoms with E-state index in [0.29, 0.717) is 29.1 Å². The lowest BCUT2D eigenvalue weighted by atomic mass is 9.89. The molecule has 1 fully saturated rings. The molecule has 3 aliphatic rings. The molecule has 1 saturated carbocycles. The number of thiophene rings is 1. The zero-order valence-corrected chi connectivity index (χ0v) is 19.9. The lowest BCUT2D eigenvalue weighted by Crippen LogP contribution is -2.42. The molecule has 0 atom stereocenters. The molecule has 4 rings (SSSR count). The second-order valence-electron chi connectivity index (χ2n) is 8.14. The Balaban J connectivity index is 1.78. The van der Waals surface area contributed by atoms with Crippen LogP contribution < -0.4 is 15.0 Å². The smallest absolute Gasteiger partial charge is 0.349 e. The fraction of sp³-hybridized carbons (Fsp3) is 0.435. The van der Waals surface area contributed by atoms with Gasteiger partial charge in [-0.1, -0.05) is 25.3 Å². The molecule has 1 aromatic heterocycles. The Hall–Kier alpha value is -2.85. The average molecular weight is 491 g/mol. The van der Waals surface area contributed by atoms with Gasteiger partial charge < -0.3 is 20.3 Å². The molecule has 176 valence electrons. The van der Waals surface area contributed by atoms with Gasteiger partial charge >= 0.3 is 18.0 Å². The van der Waals surface area contributed by atoms with Crippen LogP contribution in [0.3, 0.4) is 0 Å². The van der Waals surface area contributed by atoms with Gasteiger partial charge in [-0.05, 0) is 43.4 Å². The van der Waals surface area contributed by atoms with Gasteiger partial charge in [-0.15, -0.1) is 22.7 Å². The first-order valence-electron chi connectivity index (χ1n) is 11.0. The summed E-state index contributed by atoms with van der Waals surface area (Å²) in [5, 5.41) is 22.9. The maximum absolute atomic E-state index is 12.9. The molecule has 2 heterocycles. The highest BCUT2D eigenvalue weighted by Gasteiger charge is 2.28. The van der Waals surface area contributed by atoms with Crippen molar-refractivity contribution in [2.24, 2.45) is 5.92 Å². The Morgan fingerprint density at radius 1 is 1.15 bits per heavy atom. The van der Waals surface area contributed by atoms with E-state index >= 15 is 0 Å². The first-order valence-corrected chi connectivity index (χ1v) is 12.6. The summed E-state index contributed by atoms with van der Waals surface area (Å²) < 4.78 is 6.15. The summed E-state index contributed by atoms with van der Waals surface area (Å²) in [5.41, 5.74) is 0.899. The minimum atomic E-state index is -1.18. The van der Waals surface area contributed by atoms with Crippen LogP contribution in [0.1, 0.15) is 48.7 Å². The third-order valence-electron chi connectivity index (χ3n) is 5.82. The third-order valence-corrected chi connectivity index (χ3v) is 8.13. The highest BCUT2D eigenvalue weighted by Crippen LogP contribution is 2.50. The topological polar surface area (TPSA) is 116 Å². The Kier molecular flexibility index (Phi) is 7.04. The van der Waals surface area contributed by atoms with E-state index in [1.165, 1.54) is 30.6 Å². The lowest BCUT2D eigenvalue weighted by Gasteiger charge is -2.29. The number of rotatable bonds is 8. The van der Waals surface area contributed by atoms with Crippen LogP contribution in [0.25, 0.3) is 20.5 Å². The molecule has 0 bridgehead atoms. The van der Waals surface area contributed by atoms with E-state index in [9.17, 15) is 19.5 Å². The van der Waals surface area contributed by atoms with Gasteiger partial charge in [0.25, 0.3) is 0 Å². The molecule has 0 spiro atoms. The van der Waals surface area contributed by atoms with Gasteiger partial charge in [-0.25, -0.2) is 14.4 Å². The van der Waals surface area contributed by atoms with E-state index in [-0.39, 0.29) is 16.7 Å². The fourth-order valence-electron chi connectivity index (χ4n) is 4.34. The van der Waals surface area contributed by atoms with E-state index in [2.05, 4.69) is 5.32 Å². The molecule has 1 aromatic rings. The quantitative estimate of drug-likeness (QED) is 0.392. The molecule has 1 aliphatic heterocycles. The number of nitrogens with zero attached hydrogens (tertiary/aromatic N) is 1. The summed E-state index contributed by atoms with van der Waals surface area (Å²) in [6.07, 6.45) is 5.79. The van der Waals surface area contributed by atoms with Crippen molar-refractivity contribution >= 4 is 55.7 Å². The second-order valence-corrected chi connectivity index (χ2v) is 10.2. The summed E-state index contributed by atoms with van der Waals surface area (Å²) in [4.78, 5) is 38.3. The number of hydrogen-bond donors (Lipinski definition) is 3. The van der Waals surface area contributed by atoms with Gasteiger partial charge in [-0.3, -0.25) is 4.90 Å². The predicted octanol–water partition coefficient (Wildman–Crippen LogP) is 5.35. The summed E-state index contributed by atoms with van der Waals surface area (Å²) in [6.45, 7) is 2.40. The highest BCUT2D eigenvalue weighted by atomic mass is 32.1. The van der Waals surface area contributed by atoms with Crippen LogP contribution in [0, 0.1) is 5.92 Å². The molecule has 2 aliphatic carbocycles. The van der Waals surface area contributed by atoms with Crippen molar-refractivity contribution in [1.82, 2.24) is 5.32 Å². The monoisotopic (exact) mass is 490 g/mol. The maximum atomic E-state index is 12.9. The van der Waals surface area contributed by atoms with Gasteiger partial charge in [-0.2, -0.15) is 0 Å². The number of amides is 2. The largest absolute Gasteiger partial charge is 0.479 e. The fourth-order valence-corrected chi connectivity index (χ4v) is 6.61. The minimum absolute atomic E-state index is 0.0245. The molecular weight excluding hydrogens is 464 g/mol. The maximum Gasteiger partial charge on any atom is 0.349 e. The Morgan fingerprint density at radius 3 is 2.58 bits per heavy atom.